The molecule has 6 nitrogen and oxygen atoms in total. The molecule has 0 spiro atoms. The second-order valence-corrected chi connectivity index (χ2v) is 3.06. The van der Waals surface area contributed by atoms with Crippen molar-refractivity contribution in [2.75, 3.05) is 5.32 Å². The first-order chi connectivity index (χ1) is 7.36. The van der Waals surface area contributed by atoms with Gasteiger partial charge in [-0.05, 0) is 12.2 Å². The molecular formula is C9H7N5O. The van der Waals surface area contributed by atoms with Crippen molar-refractivity contribution in [2.24, 2.45) is 0 Å². The monoisotopic (exact) mass is 201 g/mol. The zero-order valence-corrected chi connectivity index (χ0v) is 7.64. The Labute approximate surface area is 84.0 Å². The number of aromatic amines is 1. The molecule has 2 N–H and O–H groups in total. The molecule has 1 aliphatic rings. The highest BCUT2D eigenvalue weighted by Crippen LogP contribution is 2.12. The largest absolute Gasteiger partial charge is 0.339 e. The Morgan fingerprint density at radius 1 is 1.33 bits per heavy atom. The van der Waals surface area contributed by atoms with E-state index in [1.807, 2.05) is 12.2 Å². The number of fused-ring (bicyclic) bond motifs is 3. The number of allylic oxidation sites excluding steroid dienone is 2. The van der Waals surface area contributed by atoms with Crippen molar-refractivity contribution in [1.29, 1.82) is 0 Å². The molecule has 0 fully saturated rings. The van der Waals surface area contributed by atoms with Gasteiger partial charge in [0.05, 0.1) is 6.33 Å². The Hall–Kier alpha value is -2.37. The molecule has 0 atom stereocenters. The number of aromatic nitrogens is 4. The van der Waals surface area contributed by atoms with Crippen molar-refractivity contribution < 1.29 is 0 Å². The number of rotatable bonds is 0. The topological polar surface area (TPSA) is 75.6 Å². The van der Waals surface area contributed by atoms with Gasteiger partial charge in [-0.2, -0.15) is 4.98 Å². The molecule has 3 heterocycles. The molecule has 0 saturated heterocycles. The van der Waals surface area contributed by atoms with Crippen LogP contribution in [0.5, 0.6) is 0 Å². The molecule has 0 unspecified atom stereocenters. The molecule has 6 heteroatoms. The molecule has 0 aromatic carbocycles. The van der Waals surface area contributed by atoms with Crippen LogP contribution in [0.15, 0.2) is 29.5 Å². The average Bonchev–Trinajstić information content (AvgIpc) is 2.60. The number of hydrogen-bond acceptors (Lipinski definition) is 4. The van der Waals surface area contributed by atoms with Crippen LogP contribution in [-0.4, -0.2) is 19.5 Å². The zero-order valence-electron chi connectivity index (χ0n) is 7.64. The van der Waals surface area contributed by atoms with Gasteiger partial charge in [-0.1, -0.05) is 0 Å². The summed E-state index contributed by atoms with van der Waals surface area (Å²) in [6, 6.07) is 0. The highest BCUT2D eigenvalue weighted by molar-refractivity contribution is 5.74. The van der Waals surface area contributed by atoms with Gasteiger partial charge in [0, 0.05) is 12.4 Å². The molecule has 0 radical (unpaired) electrons. The fraction of sp³-hybridized carbons (Fsp3) is 0. The van der Waals surface area contributed by atoms with E-state index in [2.05, 4.69) is 20.3 Å². The highest BCUT2D eigenvalue weighted by atomic mass is 16.1. The second kappa shape index (κ2) is 2.81. The van der Waals surface area contributed by atoms with Crippen LogP contribution in [0.25, 0.3) is 17.4 Å². The highest BCUT2D eigenvalue weighted by Gasteiger charge is 2.10. The predicted octanol–water partition coefficient (Wildman–Crippen LogP) is 0.529. The van der Waals surface area contributed by atoms with Gasteiger partial charge >= 0.3 is 5.56 Å². The Morgan fingerprint density at radius 2 is 2.27 bits per heavy atom. The summed E-state index contributed by atoms with van der Waals surface area (Å²) in [5.41, 5.74) is 0.662. The molecule has 3 rings (SSSR count). The van der Waals surface area contributed by atoms with Crippen LogP contribution in [0.2, 0.25) is 0 Å². The summed E-state index contributed by atoms with van der Waals surface area (Å²) in [4.78, 5) is 22.3. The van der Waals surface area contributed by atoms with Crippen LogP contribution >= 0.6 is 0 Å². The summed E-state index contributed by atoms with van der Waals surface area (Å²) in [6.45, 7) is 0. The summed E-state index contributed by atoms with van der Waals surface area (Å²) in [5.74, 6) is 0.463. The molecule has 0 saturated carbocycles. The van der Waals surface area contributed by atoms with Gasteiger partial charge in [0.25, 0.3) is 0 Å². The van der Waals surface area contributed by atoms with Gasteiger partial charge in [0.2, 0.25) is 5.95 Å². The van der Waals surface area contributed by atoms with E-state index in [-0.39, 0.29) is 5.56 Å². The van der Waals surface area contributed by atoms with Crippen LogP contribution in [0.4, 0.5) is 5.95 Å². The van der Waals surface area contributed by atoms with E-state index in [4.69, 9.17) is 0 Å². The third-order valence-electron chi connectivity index (χ3n) is 2.15. The molecule has 0 bridgehead atoms. The lowest BCUT2D eigenvalue weighted by Gasteiger charge is -2.05. The Morgan fingerprint density at radius 3 is 3.20 bits per heavy atom. The average molecular weight is 201 g/mol. The van der Waals surface area contributed by atoms with Gasteiger partial charge in [-0.25, -0.2) is 4.98 Å². The fourth-order valence-corrected chi connectivity index (χ4v) is 1.49. The van der Waals surface area contributed by atoms with Crippen molar-refractivity contribution in [3.05, 3.63) is 35.0 Å². The predicted molar refractivity (Wildman–Crippen MR) is 56.2 cm³/mol. The third kappa shape index (κ3) is 1.08. The minimum Gasteiger partial charge on any atom is -0.339 e. The van der Waals surface area contributed by atoms with E-state index in [9.17, 15) is 4.79 Å². The molecule has 0 aliphatic carbocycles. The quantitative estimate of drug-likeness (QED) is 0.651. The van der Waals surface area contributed by atoms with Crippen molar-refractivity contribution in [3.63, 3.8) is 0 Å². The van der Waals surface area contributed by atoms with Gasteiger partial charge in [0.15, 0.2) is 11.2 Å². The van der Waals surface area contributed by atoms with Gasteiger partial charge in [-0.3, -0.25) is 9.36 Å². The normalized spacial score (nSPS) is 13.6. The number of nitrogens with zero attached hydrogens (tertiary/aromatic N) is 3. The summed E-state index contributed by atoms with van der Waals surface area (Å²) < 4.78 is 1.72. The second-order valence-electron chi connectivity index (χ2n) is 3.06. The third-order valence-corrected chi connectivity index (χ3v) is 2.15. The first-order valence-electron chi connectivity index (χ1n) is 4.42. The summed E-state index contributed by atoms with van der Waals surface area (Å²) >= 11 is 0. The number of imidazole rings is 1. The zero-order chi connectivity index (χ0) is 10.3. The standard InChI is InChI=1S/C9H7N5O/c15-8-6-7(12-5-11-6)14-4-2-1-3-10-9(14)13-8/h1-5H,(H,11,12)(H,10,13,15). The molecular weight excluding hydrogens is 194 g/mol. The Bertz CT molecular complexity index is 633. The molecule has 74 valence electrons. The van der Waals surface area contributed by atoms with Crippen LogP contribution in [0.1, 0.15) is 0 Å². The number of H-pyrrole nitrogens is 1. The van der Waals surface area contributed by atoms with E-state index in [1.165, 1.54) is 6.33 Å². The van der Waals surface area contributed by atoms with E-state index in [0.29, 0.717) is 17.1 Å². The van der Waals surface area contributed by atoms with E-state index < -0.39 is 0 Å². The molecule has 2 aromatic heterocycles. The van der Waals surface area contributed by atoms with Crippen molar-refractivity contribution in [2.45, 2.75) is 0 Å². The minimum atomic E-state index is -0.315. The number of nitrogens with one attached hydrogen (secondary N) is 2. The summed E-state index contributed by atoms with van der Waals surface area (Å²) in [7, 11) is 0. The maximum atomic E-state index is 11.5. The molecule has 0 amide bonds. The maximum absolute atomic E-state index is 11.5. The van der Waals surface area contributed by atoms with Crippen molar-refractivity contribution in [3.8, 4) is 0 Å². The van der Waals surface area contributed by atoms with E-state index in [1.54, 1.807) is 17.0 Å². The lowest BCUT2D eigenvalue weighted by Crippen LogP contribution is -2.14. The van der Waals surface area contributed by atoms with E-state index >= 15 is 0 Å². The SMILES string of the molecule is O=c1nc2n(c3nc[nH]c13)C=CC=CN2. The first-order valence-corrected chi connectivity index (χ1v) is 4.42. The smallest absolute Gasteiger partial charge is 0.300 e. The minimum absolute atomic E-state index is 0.315. The summed E-state index contributed by atoms with van der Waals surface area (Å²) in [5, 5.41) is 2.90. The first kappa shape index (κ1) is 7.98. The van der Waals surface area contributed by atoms with Crippen LogP contribution in [0, 0.1) is 0 Å². The molecule has 1 aliphatic heterocycles. The fourth-order valence-electron chi connectivity index (χ4n) is 1.49. The van der Waals surface area contributed by atoms with Crippen molar-refractivity contribution >= 4 is 23.3 Å². The van der Waals surface area contributed by atoms with Crippen LogP contribution in [-0.2, 0) is 0 Å². The lowest BCUT2D eigenvalue weighted by molar-refractivity contribution is 1.06. The van der Waals surface area contributed by atoms with Crippen LogP contribution < -0.4 is 10.9 Å². The van der Waals surface area contributed by atoms with Crippen LogP contribution in [0.3, 0.4) is 0 Å². The molecule has 15 heavy (non-hydrogen) atoms. The van der Waals surface area contributed by atoms with Crippen molar-refractivity contribution in [1.82, 2.24) is 19.5 Å². The number of anilines is 1. The lowest BCUT2D eigenvalue weighted by atomic mass is 10.5. The summed E-state index contributed by atoms with van der Waals surface area (Å²) in [6.07, 6.45) is 8.64. The Kier molecular flexibility index (Phi) is 1.49. The number of hydrogen-bond donors (Lipinski definition) is 2. The van der Waals surface area contributed by atoms with Gasteiger partial charge < -0.3 is 10.3 Å². The Balaban J connectivity index is 2.47. The maximum Gasteiger partial charge on any atom is 0.300 e. The van der Waals surface area contributed by atoms with E-state index in [0.717, 1.165) is 0 Å². The van der Waals surface area contributed by atoms with Gasteiger partial charge in [0.1, 0.15) is 0 Å². The van der Waals surface area contributed by atoms with Gasteiger partial charge in [-0.15, -0.1) is 0 Å². The molecule has 2 aromatic rings.